The molecule has 23 heavy (non-hydrogen) atoms. The van der Waals surface area contributed by atoms with Gasteiger partial charge in [-0.1, -0.05) is 12.8 Å². The van der Waals surface area contributed by atoms with Gasteiger partial charge in [-0.2, -0.15) is 0 Å². The van der Waals surface area contributed by atoms with Crippen LogP contribution in [0.3, 0.4) is 0 Å². The highest BCUT2D eigenvalue weighted by Gasteiger charge is 2.48. The van der Waals surface area contributed by atoms with Crippen LogP contribution in [0.25, 0.3) is 0 Å². The second kappa shape index (κ2) is 6.06. The zero-order valence-electron chi connectivity index (χ0n) is 13.3. The van der Waals surface area contributed by atoms with Gasteiger partial charge in [-0.25, -0.2) is 12.7 Å². The summed E-state index contributed by atoms with van der Waals surface area (Å²) in [6.07, 6.45) is 9.44. The molecular weight excluding hydrogens is 312 g/mol. The van der Waals surface area contributed by atoms with Gasteiger partial charge in [0.1, 0.15) is 11.9 Å². The molecular formula is C17H24N2O3S. The third kappa shape index (κ3) is 2.87. The lowest BCUT2D eigenvalue weighted by molar-refractivity contribution is 0.154. The van der Waals surface area contributed by atoms with Crippen molar-refractivity contribution < 1.29 is 13.2 Å². The molecule has 0 bridgehead atoms. The van der Waals surface area contributed by atoms with Crippen LogP contribution in [0.4, 0.5) is 0 Å². The molecule has 2 aliphatic carbocycles. The lowest BCUT2D eigenvalue weighted by Crippen LogP contribution is -2.37. The number of nitrogens with zero attached hydrogens (tertiary/aromatic N) is 2. The van der Waals surface area contributed by atoms with Crippen LogP contribution < -0.4 is 4.74 Å². The third-order valence-corrected chi connectivity index (χ3v) is 8.09. The van der Waals surface area contributed by atoms with E-state index in [1.807, 2.05) is 12.1 Å². The lowest BCUT2D eigenvalue weighted by atomic mass is 9.99. The highest BCUT2D eigenvalue weighted by atomic mass is 32.2. The quantitative estimate of drug-likeness (QED) is 0.847. The summed E-state index contributed by atoms with van der Waals surface area (Å²) in [7, 11) is -3.11. The van der Waals surface area contributed by atoms with Gasteiger partial charge >= 0.3 is 0 Å². The van der Waals surface area contributed by atoms with Crippen LogP contribution in [0.2, 0.25) is 0 Å². The van der Waals surface area contributed by atoms with Gasteiger partial charge in [-0.15, -0.1) is 0 Å². The first-order valence-corrected chi connectivity index (χ1v) is 10.2. The minimum absolute atomic E-state index is 0.118. The van der Waals surface area contributed by atoms with Crippen molar-refractivity contribution in [1.82, 2.24) is 9.29 Å². The number of pyridine rings is 1. The Labute approximate surface area is 138 Å². The van der Waals surface area contributed by atoms with Gasteiger partial charge in [0.15, 0.2) is 0 Å². The van der Waals surface area contributed by atoms with E-state index in [2.05, 4.69) is 4.98 Å². The first-order chi connectivity index (χ1) is 11.1. The summed E-state index contributed by atoms with van der Waals surface area (Å²) in [5, 5.41) is -0.140. The van der Waals surface area contributed by atoms with Crippen LogP contribution in [0, 0.1) is 11.8 Å². The maximum Gasteiger partial charge on any atom is 0.217 e. The molecule has 3 aliphatic rings. The Hall–Kier alpha value is -1.14. The molecule has 0 amide bonds. The molecule has 1 aromatic heterocycles. The van der Waals surface area contributed by atoms with Crippen molar-refractivity contribution >= 4 is 10.0 Å². The molecule has 0 radical (unpaired) electrons. The maximum absolute atomic E-state index is 12.8. The van der Waals surface area contributed by atoms with Crippen molar-refractivity contribution in [3.63, 3.8) is 0 Å². The fraction of sp³-hybridized carbons (Fsp3) is 0.706. The van der Waals surface area contributed by atoms with Crippen LogP contribution in [-0.4, -0.2) is 42.2 Å². The van der Waals surface area contributed by atoms with E-state index >= 15 is 0 Å². The molecule has 6 heteroatoms. The van der Waals surface area contributed by atoms with E-state index in [1.165, 1.54) is 0 Å². The van der Waals surface area contributed by atoms with Crippen molar-refractivity contribution in [2.45, 2.75) is 49.9 Å². The molecule has 126 valence electrons. The Morgan fingerprint density at radius 2 is 1.96 bits per heavy atom. The van der Waals surface area contributed by atoms with E-state index in [9.17, 15) is 8.42 Å². The average molecular weight is 336 g/mol. The second-order valence-corrected chi connectivity index (χ2v) is 9.33. The Bertz CT molecular complexity index is 643. The average Bonchev–Trinajstić information content (AvgIpc) is 3.26. The molecule has 0 unspecified atom stereocenters. The van der Waals surface area contributed by atoms with E-state index in [0.717, 1.165) is 44.3 Å². The lowest BCUT2D eigenvalue weighted by Gasteiger charge is -2.23. The molecule has 1 saturated heterocycles. The number of ether oxygens (including phenoxy) is 1. The van der Waals surface area contributed by atoms with Gasteiger partial charge in [-0.05, 0) is 43.7 Å². The molecule has 3 atom stereocenters. The fourth-order valence-corrected chi connectivity index (χ4v) is 6.65. The molecule has 2 heterocycles. The summed E-state index contributed by atoms with van der Waals surface area (Å²) in [6.45, 7) is 1.32. The zero-order chi connectivity index (χ0) is 15.9. The standard InChI is InChI=1S/C17H24N2O3S/c20-23(21,15-5-1-2-6-15)19-11-13-7-8-17(16(13)12-19)22-14-4-3-9-18-10-14/h3-4,9-10,13,15-17H,1-2,5-8,11-12H2/t13-,16+,17-/m1/s1. The summed E-state index contributed by atoms with van der Waals surface area (Å²) in [4.78, 5) is 4.09. The van der Waals surface area contributed by atoms with Gasteiger partial charge < -0.3 is 4.74 Å². The Morgan fingerprint density at radius 3 is 2.70 bits per heavy atom. The minimum Gasteiger partial charge on any atom is -0.488 e. The number of hydrogen-bond acceptors (Lipinski definition) is 4. The van der Waals surface area contributed by atoms with E-state index in [1.54, 1.807) is 16.7 Å². The molecule has 0 N–H and O–H groups in total. The minimum atomic E-state index is -3.11. The van der Waals surface area contributed by atoms with E-state index in [4.69, 9.17) is 4.74 Å². The first-order valence-electron chi connectivity index (χ1n) is 8.70. The molecule has 1 aromatic rings. The van der Waals surface area contributed by atoms with Gasteiger partial charge in [-0.3, -0.25) is 4.98 Å². The molecule has 3 fully saturated rings. The maximum atomic E-state index is 12.8. The SMILES string of the molecule is O=S(=O)(C1CCCC1)N1C[C@H]2CC[C@@H](Oc3cccnc3)[C@H]2C1. The zero-order valence-corrected chi connectivity index (χ0v) is 14.1. The van der Waals surface area contributed by atoms with Crippen LogP contribution in [0.5, 0.6) is 5.75 Å². The molecule has 5 nitrogen and oxygen atoms in total. The Balaban J connectivity index is 1.45. The van der Waals surface area contributed by atoms with E-state index in [-0.39, 0.29) is 11.4 Å². The number of rotatable bonds is 4. The molecule has 0 spiro atoms. The number of hydrogen-bond donors (Lipinski definition) is 0. The normalized spacial score (nSPS) is 32.3. The highest BCUT2D eigenvalue weighted by Crippen LogP contribution is 2.42. The van der Waals surface area contributed by atoms with Gasteiger partial charge in [0.25, 0.3) is 0 Å². The molecule has 2 saturated carbocycles. The van der Waals surface area contributed by atoms with Gasteiger partial charge in [0.2, 0.25) is 10.0 Å². The summed E-state index contributed by atoms with van der Waals surface area (Å²) < 4.78 is 33.5. The number of aromatic nitrogens is 1. The van der Waals surface area contributed by atoms with Crippen molar-refractivity contribution in [3.8, 4) is 5.75 Å². The number of sulfonamides is 1. The van der Waals surface area contributed by atoms with Crippen LogP contribution in [-0.2, 0) is 10.0 Å². The Morgan fingerprint density at radius 1 is 1.13 bits per heavy atom. The van der Waals surface area contributed by atoms with Gasteiger partial charge in [0, 0.05) is 25.2 Å². The topological polar surface area (TPSA) is 59.5 Å². The van der Waals surface area contributed by atoms with Gasteiger partial charge in [0.05, 0.1) is 11.4 Å². The van der Waals surface area contributed by atoms with Crippen molar-refractivity contribution in [2.75, 3.05) is 13.1 Å². The Kier molecular flexibility index (Phi) is 4.05. The van der Waals surface area contributed by atoms with Crippen LogP contribution >= 0.6 is 0 Å². The fourth-order valence-electron chi connectivity index (χ4n) is 4.52. The molecule has 4 rings (SSSR count). The number of fused-ring (bicyclic) bond motifs is 1. The summed E-state index contributed by atoms with van der Waals surface area (Å²) >= 11 is 0. The second-order valence-electron chi connectivity index (χ2n) is 7.11. The predicted octanol–water partition coefficient (Wildman–Crippen LogP) is 2.44. The van der Waals surface area contributed by atoms with E-state index < -0.39 is 10.0 Å². The summed E-state index contributed by atoms with van der Waals surface area (Å²) in [5.41, 5.74) is 0. The smallest absolute Gasteiger partial charge is 0.217 e. The third-order valence-electron chi connectivity index (χ3n) is 5.76. The summed E-state index contributed by atoms with van der Waals surface area (Å²) in [6, 6.07) is 3.79. The first kappa shape index (κ1) is 15.4. The van der Waals surface area contributed by atoms with Crippen LogP contribution in [0.1, 0.15) is 38.5 Å². The highest BCUT2D eigenvalue weighted by molar-refractivity contribution is 7.89. The van der Waals surface area contributed by atoms with Crippen molar-refractivity contribution in [1.29, 1.82) is 0 Å². The van der Waals surface area contributed by atoms with Crippen molar-refractivity contribution in [2.24, 2.45) is 11.8 Å². The largest absolute Gasteiger partial charge is 0.488 e. The predicted molar refractivity (Wildman–Crippen MR) is 87.6 cm³/mol. The summed E-state index contributed by atoms with van der Waals surface area (Å²) in [5.74, 6) is 1.56. The van der Waals surface area contributed by atoms with Crippen molar-refractivity contribution in [3.05, 3.63) is 24.5 Å². The monoisotopic (exact) mass is 336 g/mol. The van der Waals surface area contributed by atoms with E-state index in [0.29, 0.717) is 24.9 Å². The van der Waals surface area contributed by atoms with Crippen LogP contribution in [0.15, 0.2) is 24.5 Å². The molecule has 0 aromatic carbocycles. The molecule has 1 aliphatic heterocycles.